The SMILES string of the molecule is CC(NC(=O)c1ccc(C(F)(F)F)cc1)c1ccc(NC(=O)C2CC2)cc1. The predicted molar refractivity (Wildman–Crippen MR) is 95.1 cm³/mol. The van der Waals surface area contributed by atoms with E-state index in [-0.39, 0.29) is 23.4 Å². The maximum absolute atomic E-state index is 12.6. The van der Waals surface area contributed by atoms with Crippen LogP contribution in [0.15, 0.2) is 48.5 Å². The summed E-state index contributed by atoms with van der Waals surface area (Å²) in [4.78, 5) is 24.0. The molecule has 1 fully saturated rings. The highest BCUT2D eigenvalue weighted by atomic mass is 19.4. The lowest BCUT2D eigenvalue weighted by atomic mass is 10.1. The van der Waals surface area contributed by atoms with Gasteiger partial charge in [0.25, 0.3) is 5.91 Å². The second kappa shape index (κ2) is 7.42. The first-order chi connectivity index (χ1) is 12.7. The van der Waals surface area contributed by atoms with E-state index >= 15 is 0 Å². The van der Waals surface area contributed by atoms with Crippen LogP contribution in [-0.2, 0) is 11.0 Å². The van der Waals surface area contributed by atoms with Gasteiger partial charge in [-0.3, -0.25) is 9.59 Å². The van der Waals surface area contributed by atoms with Gasteiger partial charge in [0.1, 0.15) is 0 Å². The van der Waals surface area contributed by atoms with Crippen LogP contribution in [0.3, 0.4) is 0 Å². The molecule has 1 atom stereocenters. The van der Waals surface area contributed by atoms with E-state index < -0.39 is 17.6 Å². The molecule has 1 saturated carbocycles. The average Bonchev–Trinajstić information content (AvgIpc) is 3.47. The summed E-state index contributed by atoms with van der Waals surface area (Å²) in [6, 6.07) is 10.8. The summed E-state index contributed by atoms with van der Waals surface area (Å²) in [5, 5.41) is 5.59. The van der Waals surface area contributed by atoms with Crippen molar-refractivity contribution in [2.24, 2.45) is 5.92 Å². The quantitative estimate of drug-likeness (QED) is 0.805. The second-order valence-electron chi connectivity index (χ2n) is 6.66. The van der Waals surface area contributed by atoms with Gasteiger partial charge in [0.2, 0.25) is 5.91 Å². The Morgan fingerprint density at radius 2 is 1.59 bits per heavy atom. The van der Waals surface area contributed by atoms with Crippen molar-refractivity contribution in [1.29, 1.82) is 0 Å². The maximum atomic E-state index is 12.6. The van der Waals surface area contributed by atoms with E-state index in [0.29, 0.717) is 5.69 Å². The Labute approximate surface area is 154 Å². The summed E-state index contributed by atoms with van der Waals surface area (Å²) < 4.78 is 37.8. The molecule has 0 aromatic heterocycles. The molecule has 2 amide bonds. The Balaban J connectivity index is 1.59. The largest absolute Gasteiger partial charge is 0.416 e. The van der Waals surface area contributed by atoms with Crippen molar-refractivity contribution in [3.8, 4) is 0 Å². The Morgan fingerprint density at radius 1 is 1.00 bits per heavy atom. The van der Waals surface area contributed by atoms with Crippen LogP contribution < -0.4 is 10.6 Å². The Hall–Kier alpha value is -2.83. The zero-order valence-electron chi connectivity index (χ0n) is 14.6. The lowest BCUT2D eigenvalue weighted by Crippen LogP contribution is -2.26. The van der Waals surface area contributed by atoms with Gasteiger partial charge in [0.15, 0.2) is 0 Å². The number of carbonyl (C=O) groups excluding carboxylic acids is 2. The first kappa shape index (κ1) is 18.9. The molecular formula is C20H19F3N2O2. The highest BCUT2D eigenvalue weighted by Crippen LogP contribution is 2.30. The molecule has 1 aliphatic rings. The molecule has 0 spiro atoms. The normalized spacial score (nSPS) is 15.1. The van der Waals surface area contributed by atoms with E-state index in [9.17, 15) is 22.8 Å². The first-order valence-corrected chi connectivity index (χ1v) is 8.63. The molecule has 142 valence electrons. The molecule has 0 radical (unpaired) electrons. The maximum Gasteiger partial charge on any atom is 0.416 e. The number of nitrogens with one attached hydrogen (secondary N) is 2. The molecule has 0 saturated heterocycles. The van der Waals surface area contributed by atoms with Crippen molar-refractivity contribution >= 4 is 17.5 Å². The van der Waals surface area contributed by atoms with Crippen LogP contribution in [0.2, 0.25) is 0 Å². The molecular weight excluding hydrogens is 357 g/mol. The number of amides is 2. The van der Waals surface area contributed by atoms with Gasteiger partial charge in [-0.2, -0.15) is 13.2 Å². The number of hydrogen-bond donors (Lipinski definition) is 2. The van der Waals surface area contributed by atoms with Crippen molar-refractivity contribution in [1.82, 2.24) is 5.32 Å². The minimum absolute atomic E-state index is 0.0198. The molecule has 2 aromatic carbocycles. The standard InChI is InChI=1S/C20H19F3N2O2/c1-12(13-6-10-17(11-7-13)25-19(27)14-2-3-14)24-18(26)15-4-8-16(9-5-15)20(21,22)23/h4-12,14H,2-3H2,1H3,(H,24,26)(H,25,27). The highest BCUT2D eigenvalue weighted by molar-refractivity contribution is 5.95. The van der Waals surface area contributed by atoms with Crippen molar-refractivity contribution < 1.29 is 22.8 Å². The van der Waals surface area contributed by atoms with Crippen LogP contribution in [0.1, 0.15) is 47.3 Å². The first-order valence-electron chi connectivity index (χ1n) is 8.63. The number of rotatable bonds is 5. The lowest BCUT2D eigenvalue weighted by molar-refractivity contribution is -0.137. The van der Waals surface area contributed by atoms with Crippen LogP contribution in [-0.4, -0.2) is 11.8 Å². The molecule has 2 aromatic rings. The van der Waals surface area contributed by atoms with Gasteiger partial charge in [-0.1, -0.05) is 12.1 Å². The smallest absolute Gasteiger partial charge is 0.346 e. The van der Waals surface area contributed by atoms with Crippen LogP contribution in [0.25, 0.3) is 0 Å². The third-order valence-electron chi connectivity index (χ3n) is 4.45. The molecule has 1 unspecified atom stereocenters. The van der Waals surface area contributed by atoms with Gasteiger partial charge >= 0.3 is 6.18 Å². The predicted octanol–water partition coefficient (Wildman–Crippen LogP) is 4.54. The Bertz CT molecular complexity index is 826. The third-order valence-corrected chi connectivity index (χ3v) is 4.45. The number of alkyl halides is 3. The average molecular weight is 376 g/mol. The fourth-order valence-corrected chi connectivity index (χ4v) is 2.62. The number of carbonyl (C=O) groups is 2. The molecule has 2 N–H and O–H groups in total. The monoisotopic (exact) mass is 376 g/mol. The zero-order valence-corrected chi connectivity index (χ0v) is 14.6. The van der Waals surface area contributed by atoms with Gasteiger partial charge in [-0.25, -0.2) is 0 Å². The number of halogens is 3. The molecule has 0 aliphatic heterocycles. The molecule has 7 heteroatoms. The van der Waals surface area contributed by atoms with Crippen LogP contribution in [0.5, 0.6) is 0 Å². The van der Waals surface area contributed by atoms with Crippen molar-refractivity contribution in [3.63, 3.8) is 0 Å². The summed E-state index contributed by atoms with van der Waals surface area (Å²) >= 11 is 0. The summed E-state index contributed by atoms with van der Waals surface area (Å²) in [7, 11) is 0. The number of anilines is 1. The fraction of sp³-hybridized carbons (Fsp3) is 0.300. The zero-order chi connectivity index (χ0) is 19.6. The van der Waals surface area contributed by atoms with Crippen LogP contribution in [0, 0.1) is 5.92 Å². The van der Waals surface area contributed by atoms with Crippen LogP contribution in [0.4, 0.5) is 18.9 Å². The van der Waals surface area contributed by atoms with Crippen molar-refractivity contribution in [3.05, 3.63) is 65.2 Å². The molecule has 27 heavy (non-hydrogen) atoms. The third kappa shape index (κ3) is 4.87. The van der Waals surface area contributed by atoms with E-state index in [0.717, 1.165) is 42.7 Å². The topological polar surface area (TPSA) is 58.2 Å². The molecule has 0 heterocycles. The van der Waals surface area contributed by atoms with Gasteiger partial charge < -0.3 is 10.6 Å². The fourth-order valence-electron chi connectivity index (χ4n) is 2.62. The van der Waals surface area contributed by atoms with Gasteiger partial charge in [0.05, 0.1) is 11.6 Å². The lowest BCUT2D eigenvalue weighted by Gasteiger charge is -2.15. The molecule has 4 nitrogen and oxygen atoms in total. The molecule has 3 rings (SSSR count). The van der Waals surface area contributed by atoms with Gasteiger partial charge in [-0.15, -0.1) is 0 Å². The van der Waals surface area contributed by atoms with Crippen LogP contribution >= 0.6 is 0 Å². The Morgan fingerprint density at radius 3 is 2.11 bits per heavy atom. The summed E-state index contributed by atoms with van der Waals surface area (Å²) in [5.41, 5.74) is 0.871. The van der Waals surface area contributed by atoms with E-state index in [4.69, 9.17) is 0 Å². The molecule has 0 bridgehead atoms. The van der Waals surface area contributed by atoms with Gasteiger partial charge in [0, 0.05) is 17.2 Å². The summed E-state index contributed by atoms with van der Waals surface area (Å²) in [6.45, 7) is 1.78. The van der Waals surface area contributed by atoms with Crippen molar-refractivity contribution in [2.75, 3.05) is 5.32 Å². The summed E-state index contributed by atoms with van der Waals surface area (Å²) in [6.07, 6.45) is -2.58. The minimum atomic E-state index is -4.43. The van der Waals surface area contributed by atoms with E-state index in [2.05, 4.69) is 10.6 Å². The number of hydrogen-bond acceptors (Lipinski definition) is 2. The Kier molecular flexibility index (Phi) is 5.21. The van der Waals surface area contributed by atoms with E-state index in [1.807, 2.05) is 0 Å². The van der Waals surface area contributed by atoms with E-state index in [1.54, 1.807) is 31.2 Å². The van der Waals surface area contributed by atoms with Gasteiger partial charge in [-0.05, 0) is 61.7 Å². The number of benzene rings is 2. The molecule has 1 aliphatic carbocycles. The highest BCUT2D eigenvalue weighted by Gasteiger charge is 2.30. The van der Waals surface area contributed by atoms with Crippen molar-refractivity contribution in [2.45, 2.75) is 32.0 Å². The van der Waals surface area contributed by atoms with E-state index in [1.165, 1.54) is 0 Å². The minimum Gasteiger partial charge on any atom is -0.346 e. The summed E-state index contributed by atoms with van der Waals surface area (Å²) in [5.74, 6) is -0.319. The second-order valence-corrected chi connectivity index (χ2v) is 6.66.